The van der Waals surface area contributed by atoms with Crippen LogP contribution in [0.15, 0.2) is 60.7 Å². The number of esters is 1. The van der Waals surface area contributed by atoms with Crippen molar-refractivity contribution in [2.24, 2.45) is 0 Å². The van der Waals surface area contributed by atoms with E-state index < -0.39 is 5.41 Å². The van der Waals surface area contributed by atoms with E-state index in [0.29, 0.717) is 25.1 Å². The number of rotatable bonds is 10. The van der Waals surface area contributed by atoms with Gasteiger partial charge in [0.2, 0.25) is 0 Å². The van der Waals surface area contributed by atoms with Gasteiger partial charge in [-0.3, -0.25) is 9.69 Å². The first-order valence-corrected chi connectivity index (χ1v) is 10.4. The second kappa shape index (κ2) is 10.4. The van der Waals surface area contributed by atoms with E-state index in [4.69, 9.17) is 4.74 Å². The molecule has 0 bridgehead atoms. The molecule has 0 aliphatic heterocycles. The Morgan fingerprint density at radius 2 is 1.36 bits per heavy atom. The topological polar surface area (TPSA) is 29.5 Å². The first kappa shape index (κ1) is 22.2. The molecule has 152 valence electrons. The molecule has 0 atom stereocenters. The summed E-state index contributed by atoms with van der Waals surface area (Å²) in [6.45, 7) is 12.1. The Kier molecular flexibility index (Phi) is 8.25. The molecule has 0 heterocycles. The van der Waals surface area contributed by atoms with Gasteiger partial charge >= 0.3 is 5.97 Å². The van der Waals surface area contributed by atoms with Crippen LogP contribution in [0.4, 0.5) is 0 Å². The third-order valence-electron chi connectivity index (χ3n) is 5.53. The maximum Gasteiger partial charge on any atom is 0.307 e. The lowest BCUT2D eigenvalue weighted by molar-refractivity contribution is -0.144. The number of hydrogen-bond acceptors (Lipinski definition) is 3. The number of benzene rings is 2. The zero-order chi connectivity index (χ0) is 20.6. The van der Waals surface area contributed by atoms with Crippen LogP contribution in [0.5, 0.6) is 0 Å². The molecule has 0 N–H and O–H groups in total. The minimum Gasteiger partial charge on any atom is -0.466 e. The summed E-state index contributed by atoms with van der Waals surface area (Å²) in [5, 5.41) is 0. The van der Waals surface area contributed by atoms with E-state index in [9.17, 15) is 4.79 Å². The fraction of sp³-hybridized carbons (Fsp3) is 0.480. The monoisotopic (exact) mass is 381 g/mol. The summed E-state index contributed by atoms with van der Waals surface area (Å²) in [5.41, 5.74) is 1.93. The highest BCUT2D eigenvalue weighted by molar-refractivity contribution is 5.73. The second-order valence-electron chi connectivity index (χ2n) is 7.97. The van der Waals surface area contributed by atoms with Crippen molar-refractivity contribution in [3.05, 3.63) is 71.8 Å². The van der Waals surface area contributed by atoms with E-state index in [0.717, 1.165) is 13.0 Å². The largest absolute Gasteiger partial charge is 0.466 e. The van der Waals surface area contributed by atoms with Crippen molar-refractivity contribution in [1.29, 1.82) is 0 Å². The molecule has 0 aliphatic carbocycles. The zero-order valence-corrected chi connectivity index (χ0v) is 18.0. The van der Waals surface area contributed by atoms with Gasteiger partial charge in [0, 0.05) is 17.5 Å². The first-order valence-electron chi connectivity index (χ1n) is 10.4. The van der Waals surface area contributed by atoms with Gasteiger partial charge in [-0.2, -0.15) is 0 Å². The highest BCUT2D eigenvalue weighted by atomic mass is 16.5. The van der Waals surface area contributed by atoms with E-state index >= 15 is 0 Å². The highest BCUT2D eigenvalue weighted by Crippen LogP contribution is 2.40. The molecular weight excluding hydrogens is 346 g/mol. The third-order valence-corrected chi connectivity index (χ3v) is 5.53. The Balaban J connectivity index is 2.51. The quantitative estimate of drug-likeness (QED) is 0.514. The molecule has 2 rings (SSSR count). The van der Waals surface area contributed by atoms with Gasteiger partial charge in [0.15, 0.2) is 0 Å². The molecule has 2 aromatic carbocycles. The maximum atomic E-state index is 12.7. The summed E-state index contributed by atoms with van der Waals surface area (Å²) in [6.07, 6.45) is 1.20. The number of ether oxygens (including phenoxy) is 1. The summed E-state index contributed by atoms with van der Waals surface area (Å²) >= 11 is 0. The normalized spacial score (nSPS) is 12.0. The number of carbonyl (C=O) groups excluding carboxylic acids is 1. The molecule has 28 heavy (non-hydrogen) atoms. The van der Waals surface area contributed by atoms with Crippen LogP contribution >= 0.6 is 0 Å². The van der Waals surface area contributed by atoms with Crippen molar-refractivity contribution < 1.29 is 9.53 Å². The SMILES string of the molecule is CCOC(=O)CC(CCN(C(C)C)C(C)C)(c1ccccc1)c1ccccc1. The standard InChI is InChI=1S/C25H35NO2/c1-6-28-24(27)19-25(22-13-9-7-10-14-22,23-15-11-8-12-16-23)17-18-26(20(2)3)21(4)5/h7-16,20-21H,6,17-19H2,1-5H3. The predicted octanol–water partition coefficient (Wildman–Crippen LogP) is 5.43. The molecule has 0 saturated heterocycles. The van der Waals surface area contributed by atoms with Crippen LogP contribution in [0.3, 0.4) is 0 Å². The molecule has 0 radical (unpaired) electrons. The summed E-state index contributed by atoms with van der Waals surface area (Å²) < 4.78 is 5.39. The summed E-state index contributed by atoms with van der Waals surface area (Å²) in [5.74, 6) is -0.143. The molecular formula is C25H35NO2. The van der Waals surface area contributed by atoms with Gasteiger partial charge in [0.1, 0.15) is 0 Å². The number of carbonyl (C=O) groups is 1. The van der Waals surface area contributed by atoms with Crippen LogP contribution in [0.25, 0.3) is 0 Å². The fourth-order valence-electron chi connectivity index (χ4n) is 4.15. The highest BCUT2D eigenvalue weighted by Gasteiger charge is 2.37. The van der Waals surface area contributed by atoms with Crippen molar-refractivity contribution in [3.8, 4) is 0 Å². The van der Waals surface area contributed by atoms with Crippen LogP contribution in [0.2, 0.25) is 0 Å². The molecule has 0 aromatic heterocycles. The fourth-order valence-corrected chi connectivity index (χ4v) is 4.15. The lowest BCUT2D eigenvalue weighted by atomic mass is 9.69. The summed E-state index contributed by atoms with van der Waals surface area (Å²) in [6, 6.07) is 21.7. The van der Waals surface area contributed by atoms with E-state index in [1.54, 1.807) is 0 Å². The molecule has 3 nitrogen and oxygen atoms in total. The Morgan fingerprint density at radius 1 is 0.893 bits per heavy atom. The zero-order valence-electron chi connectivity index (χ0n) is 18.0. The van der Waals surface area contributed by atoms with Crippen LogP contribution in [-0.2, 0) is 14.9 Å². The van der Waals surface area contributed by atoms with Gasteiger partial charge in [-0.25, -0.2) is 0 Å². The smallest absolute Gasteiger partial charge is 0.307 e. The van der Waals surface area contributed by atoms with E-state index in [-0.39, 0.29) is 5.97 Å². The minimum absolute atomic E-state index is 0.143. The molecule has 0 fully saturated rings. The van der Waals surface area contributed by atoms with Gasteiger partial charge in [0.25, 0.3) is 0 Å². The van der Waals surface area contributed by atoms with Gasteiger partial charge in [-0.1, -0.05) is 60.7 Å². The van der Waals surface area contributed by atoms with Crippen molar-refractivity contribution in [2.45, 2.75) is 65.0 Å². The molecule has 3 heteroatoms. The van der Waals surface area contributed by atoms with Crippen molar-refractivity contribution >= 4 is 5.97 Å². The third kappa shape index (κ3) is 5.45. The lowest BCUT2D eigenvalue weighted by Gasteiger charge is -2.38. The molecule has 0 spiro atoms. The van der Waals surface area contributed by atoms with Crippen molar-refractivity contribution in [1.82, 2.24) is 4.90 Å². The summed E-state index contributed by atoms with van der Waals surface area (Å²) in [4.78, 5) is 15.2. The van der Waals surface area contributed by atoms with Gasteiger partial charge in [0.05, 0.1) is 13.0 Å². The molecule has 2 aromatic rings. The molecule has 0 amide bonds. The predicted molar refractivity (Wildman–Crippen MR) is 117 cm³/mol. The summed E-state index contributed by atoms with van der Waals surface area (Å²) in [7, 11) is 0. The average Bonchev–Trinajstić information content (AvgIpc) is 2.68. The Hall–Kier alpha value is -2.13. The van der Waals surface area contributed by atoms with Crippen molar-refractivity contribution in [3.63, 3.8) is 0 Å². The Morgan fingerprint density at radius 3 is 1.75 bits per heavy atom. The second-order valence-corrected chi connectivity index (χ2v) is 7.97. The Labute approximate surface area is 170 Å². The van der Waals surface area contributed by atoms with Gasteiger partial charge < -0.3 is 4.74 Å². The Bertz CT molecular complexity index is 662. The lowest BCUT2D eigenvalue weighted by Crippen LogP contribution is -2.42. The van der Waals surface area contributed by atoms with Crippen LogP contribution in [-0.4, -0.2) is 36.1 Å². The van der Waals surface area contributed by atoms with Crippen LogP contribution < -0.4 is 0 Å². The average molecular weight is 382 g/mol. The van der Waals surface area contributed by atoms with Crippen LogP contribution in [0, 0.1) is 0 Å². The minimum atomic E-state index is -0.406. The van der Waals surface area contributed by atoms with Crippen LogP contribution in [0.1, 0.15) is 58.6 Å². The van der Waals surface area contributed by atoms with Crippen molar-refractivity contribution in [2.75, 3.05) is 13.2 Å². The first-order chi connectivity index (χ1) is 13.4. The van der Waals surface area contributed by atoms with Gasteiger partial charge in [-0.05, 0) is 58.7 Å². The molecule has 0 saturated carbocycles. The van der Waals surface area contributed by atoms with E-state index in [2.05, 4.69) is 81.1 Å². The molecule has 0 aliphatic rings. The van der Waals surface area contributed by atoms with E-state index in [1.165, 1.54) is 11.1 Å². The number of nitrogens with zero attached hydrogens (tertiary/aromatic N) is 1. The van der Waals surface area contributed by atoms with Gasteiger partial charge in [-0.15, -0.1) is 0 Å². The maximum absolute atomic E-state index is 12.7. The van der Waals surface area contributed by atoms with E-state index in [1.807, 2.05) is 19.1 Å². The number of hydrogen-bond donors (Lipinski definition) is 0. The molecule has 0 unspecified atom stereocenters.